The number of carboxylic acids is 1. The van der Waals surface area contributed by atoms with Gasteiger partial charge in [0.15, 0.2) is 0 Å². The van der Waals surface area contributed by atoms with E-state index in [0.29, 0.717) is 12.3 Å². The van der Waals surface area contributed by atoms with Gasteiger partial charge < -0.3 is 14.5 Å². The summed E-state index contributed by atoms with van der Waals surface area (Å²) < 4.78 is 5.24. The fourth-order valence-corrected chi connectivity index (χ4v) is 4.14. The fraction of sp³-hybridized carbons (Fsp3) is 0.737. The maximum absolute atomic E-state index is 12.4. The van der Waals surface area contributed by atoms with E-state index in [1.165, 1.54) is 37.0 Å². The van der Waals surface area contributed by atoms with Crippen molar-refractivity contribution in [3.63, 3.8) is 0 Å². The molecule has 1 saturated heterocycles. The third kappa shape index (κ3) is 5.53. The minimum atomic E-state index is -0.934. The number of carbonyl (C=O) groups is 3. The number of rotatable bonds is 9. The predicted octanol–water partition coefficient (Wildman–Crippen LogP) is 1.96. The molecule has 3 N–H and O–H groups in total. The molecule has 1 aliphatic carbocycles. The molecule has 3 rings (SSSR count). The summed E-state index contributed by atoms with van der Waals surface area (Å²) in [7, 11) is 0. The van der Waals surface area contributed by atoms with Crippen LogP contribution in [0.5, 0.6) is 0 Å². The van der Waals surface area contributed by atoms with E-state index in [2.05, 4.69) is 10.1 Å². The van der Waals surface area contributed by atoms with Gasteiger partial charge in [-0.2, -0.15) is 4.98 Å². The smallest absolute Gasteiger partial charge is 0.310 e. The van der Waals surface area contributed by atoms with Crippen LogP contribution in [0.25, 0.3) is 0 Å². The minimum Gasteiger partial charge on any atom is -0.481 e. The molecule has 0 radical (unpaired) electrons. The number of aromatic nitrogens is 2. The Labute approximate surface area is 168 Å². The van der Waals surface area contributed by atoms with Crippen LogP contribution in [0.1, 0.15) is 80.2 Å². The first-order valence-corrected chi connectivity index (χ1v) is 10.3. The van der Waals surface area contributed by atoms with Gasteiger partial charge in [0.05, 0.1) is 5.92 Å². The molecule has 1 aromatic rings. The Hall–Kier alpha value is -2.49. The largest absolute Gasteiger partial charge is 0.481 e. The fourth-order valence-electron chi connectivity index (χ4n) is 4.14. The lowest BCUT2D eigenvalue weighted by Gasteiger charge is -2.35. The molecule has 0 spiro atoms. The second-order valence-electron chi connectivity index (χ2n) is 8.07. The first kappa shape index (κ1) is 21.2. The van der Waals surface area contributed by atoms with E-state index in [0.717, 1.165) is 12.8 Å². The highest BCUT2D eigenvalue weighted by Gasteiger charge is 2.38. The van der Waals surface area contributed by atoms with Crippen LogP contribution in [0.2, 0.25) is 0 Å². The molecule has 2 amide bonds. The number of amides is 2. The van der Waals surface area contributed by atoms with Crippen LogP contribution in [0, 0.1) is 11.8 Å². The Balaban J connectivity index is 1.57. The summed E-state index contributed by atoms with van der Waals surface area (Å²) in [5.41, 5.74) is 1.63. The van der Waals surface area contributed by atoms with Crippen molar-refractivity contribution < 1.29 is 29.2 Å². The van der Waals surface area contributed by atoms with Gasteiger partial charge in [-0.25, -0.2) is 5.48 Å². The maximum atomic E-state index is 12.4. The van der Waals surface area contributed by atoms with E-state index in [4.69, 9.17) is 14.8 Å². The lowest BCUT2D eigenvalue weighted by molar-refractivity contribution is -0.146. The monoisotopic (exact) mass is 408 g/mol. The number of nitrogens with zero attached hydrogens (tertiary/aromatic N) is 3. The van der Waals surface area contributed by atoms with Crippen molar-refractivity contribution in [1.82, 2.24) is 20.5 Å². The Morgan fingerprint density at radius 2 is 1.93 bits per heavy atom. The highest BCUT2D eigenvalue weighted by Crippen LogP contribution is 2.31. The number of likely N-dealkylation sites (tertiary alicyclic amines) is 1. The van der Waals surface area contributed by atoms with E-state index >= 15 is 0 Å². The van der Waals surface area contributed by atoms with Gasteiger partial charge in [-0.1, -0.05) is 50.1 Å². The first-order chi connectivity index (χ1) is 14.0. The molecule has 2 fully saturated rings. The van der Waals surface area contributed by atoms with Crippen LogP contribution in [-0.4, -0.2) is 56.2 Å². The predicted molar refractivity (Wildman–Crippen MR) is 99.0 cm³/mol. The normalized spacial score (nSPS) is 18.9. The van der Waals surface area contributed by atoms with Crippen LogP contribution in [0.15, 0.2) is 4.52 Å². The van der Waals surface area contributed by atoms with Gasteiger partial charge in [-0.15, -0.1) is 0 Å². The van der Waals surface area contributed by atoms with Gasteiger partial charge in [-0.3, -0.25) is 19.6 Å². The molecule has 2 heterocycles. The van der Waals surface area contributed by atoms with Crippen molar-refractivity contribution in [1.29, 1.82) is 0 Å². The van der Waals surface area contributed by atoms with Crippen molar-refractivity contribution in [2.24, 2.45) is 11.8 Å². The van der Waals surface area contributed by atoms with E-state index < -0.39 is 23.7 Å². The van der Waals surface area contributed by atoms with E-state index in [1.54, 1.807) is 5.48 Å². The standard InChI is InChI=1S/C19H28N4O6/c24-15(21-28)9-13(8-4-7-12-5-2-1-3-6-12)17-20-16(22-29-17)18(25)23-10-14(11-23)19(26)27/h12-14,28H,1-11H2,(H,21,24)(H,26,27). The summed E-state index contributed by atoms with van der Waals surface area (Å²) in [5.74, 6) is -2.15. The molecule has 10 heteroatoms. The van der Waals surface area contributed by atoms with E-state index in [-0.39, 0.29) is 37.1 Å². The lowest BCUT2D eigenvalue weighted by Crippen LogP contribution is -2.53. The average molecular weight is 408 g/mol. The molecule has 0 aromatic carbocycles. The topological polar surface area (TPSA) is 146 Å². The van der Waals surface area contributed by atoms with Crippen molar-refractivity contribution >= 4 is 17.8 Å². The minimum absolute atomic E-state index is 0.0121. The Bertz CT molecular complexity index is 724. The summed E-state index contributed by atoms with van der Waals surface area (Å²) in [5, 5.41) is 21.5. The molecular formula is C19H28N4O6. The molecule has 29 heavy (non-hydrogen) atoms. The van der Waals surface area contributed by atoms with Gasteiger partial charge >= 0.3 is 5.97 Å². The van der Waals surface area contributed by atoms with Gasteiger partial charge in [0.2, 0.25) is 11.8 Å². The zero-order valence-electron chi connectivity index (χ0n) is 16.4. The van der Waals surface area contributed by atoms with Crippen LogP contribution < -0.4 is 5.48 Å². The molecule has 1 aromatic heterocycles. The van der Waals surface area contributed by atoms with Crippen LogP contribution in [-0.2, 0) is 9.59 Å². The second kappa shape index (κ2) is 9.82. The van der Waals surface area contributed by atoms with E-state index in [1.807, 2.05) is 0 Å². The third-order valence-corrected chi connectivity index (χ3v) is 5.95. The first-order valence-electron chi connectivity index (χ1n) is 10.3. The van der Waals surface area contributed by atoms with Gasteiger partial charge in [0.1, 0.15) is 0 Å². The third-order valence-electron chi connectivity index (χ3n) is 5.95. The summed E-state index contributed by atoms with van der Waals surface area (Å²) in [6.45, 7) is 0.242. The summed E-state index contributed by atoms with van der Waals surface area (Å²) in [4.78, 5) is 40.4. The van der Waals surface area contributed by atoms with Crippen molar-refractivity contribution in [3.8, 4) is 0 Å². The van der Waals surface area contributed by atoms with Crippen LogP contribution in [0.3, 0.4) is 0 Å². The summed E-state index contributed by atoms with van der Waals surface area (Å²) in [6.07, 6.45) is 8.94. The van der Waals surface area contributed by atoms with Crippen LogP contribution >= 0.6 is 0 Å². The Kier molecular flexibility index (Phi) is 7.18. The molecule has 1 atom stereocenters. The van der Waals surface area contributed by atoms with Gasteiger partial charge in [-0.05, 0) is 12.3 Å². The SMILES string of the molecule is O=C(CC(CCCC1CCCCC1)c1nc(C(=O)N2CC(C(=O)O)C2)no1)NO. The molecule has 2 aliphatic rings. The van der Waals surface area contributed by atoms with Crippen molar-refractivity contribution in [2.45, 2.75) is 63.7 Å². The second-order valence-corrected chi connectivity index (χ2v) is 8.07. The number of nitrogens with one attached hydrogen (secondary N) is 1. The number of carboxylic acid groups (broad SMARTS) is 1. The molecule has 10 nitrogen and oxygen atoms in total. The average Bonchev–Trinajstić information content (AvgIpc) is 3.16. The lowest BCUT2D eigenvalue weighted by atomic mass is 9.84. The highest BCUT2D eigenvalue weighted by molar-refractivity contribution is 5.92. The highest BCUT2D eigenvalue weighted by atomic mass is 16.5. The van der Waals surface area contributed by atoms with Crippen molar-refractivity contribution in [3.05, 3.63) is 11.7 Å². The molecular weight excluding hydrogens is 380 g/mol. The van der Waals surface area contributed by atoms with Gasteiger partial charge in [0, 0.05) is 25.4 Å². The number of aliphatic carboxylic acids is 1. The van der Waals surface area contributed by atoms with Crippen LogP contribution in [0.4, 0.5) is 0 Å². The molecule has 0 bridgehead atoms. The molecule has 1 aliphatic heterocycles. The quantitative estimate of drug-likeness (QED) is 0.415. The zero-order valence-corrected chi connectivity index (χ0v) is 16.4. The van der Waals surface area contributed by atoms with Crippen molar-refractivity contribution in [2.75, 3.05) is 13.1 Å². The summed E-state index contributed by atoms with van der Waals surface area (Å²) in [6, 6.07) is 0. The molecule has 160 valence electrons. The molecule has 1 unspecified atom stereocenters. The number of hydrogen-bond donors (Lipinski definition) is 3. The van der Waals surface area contributed by atoms with Gasteiger partial charge in [0.25, 0.3) is 11.7 Å². The Morgan fingerprint density at radius 1 is 1.21 bits per heavy atom. The molecule has 1 saturated carbocycles. The number of hydrogen-bond acceptors (Lipinski definition) is 7. The number of hydroxylamine groups is 1. The maximum Gasteiger partial charge on any atom is 0.310 e. The number of carbonyl (C=O) groups excluding carboxylic acids is 2. The zero-order chi connectivity index (χ0) is 20.8. The Morgan fingerprint density at radius 3 is 2.59 bits per heavy atom. The summed E-state index contributed by atoms with van der Waals surface area (Å²) >= 11 is 0. The van der Waals surface area contributed by atoms with E-state index in [9.17, 15) is 14.4 Å².